The molecular weight excluding hydrogens is 247 g/mol. The Hall–Kier alpha value is -1.95. The zero-order valence-corrected chi connectivity index (χ0v) is 11.0. The molecule has 0 fully saturated rings. The van der Waals surface area contributed by atoms with Crippen LogP contribution in [0.1, 0.15) is 31.3 Å². The van der Waals surface area contributed by atoms with Gasteiger partial charge in [-0.25, -0.2) is 4.39 Å². The number of hydrogen-bond acceptors (Lipinski definition) is 5. The fourth-order valence-electron chi connectivity index (χ4n) is 1.69. The highest BCUT2D eigenvalue weighted by Gasteiger charge is 2.12. The first-order valence-corrected chi connectivity index (χ1v) is 6.24. The van der Waals surface area contributed by atoms with E-state index in [1.807, 2.05) is 13.8 Å². The lowest BCUT2D eigenvalue weighted by Crippen LogP contribution is -2.17. The first-order valence-electron chi connectivity index (χ1n) is 6.24. The maximum atomic E-state index is 13.4. The molecule has 0 saturated heterocycles. The van der Waals surface area contributed by atoms with Gasteiger partial charge in [-0.05, 0) is 19.5 Å². The molecule has 19 heavy (non-hydrogen) atoms. The van der Waals surface area contributed by atoms with Crippen molar-refractivity contribution >= 4 is 6.01 Å². The van der Waals surface area contributed by atoms with Gasteiger partial charge in [0.2, 0.25) is 5.89 Å². The minimum Gasteiger partial charge on any atom is -0.406 e. The van der Waals surface area contributed by atoms with Crippen LogP contribution in [0.5, 0.6) is 0 Å². The Morgan fingerprint density at radius 2 is 2.11 bits per heavy atom. The van der Waals surface area contributed by atoms with Gasteiger partial charge in [-0.3, -0.25) is 0 Å². The second-order valence-electron chi connectivity index (χ2n) is 4.17. The molecule has 2 aromatic rings. The van der Waals surface area contributed by atoms with Crippen molar-refractivity contribution in [2.45, 2.75) is 26.4 Å². The maximum absolute atomic E-state index is 13.4. The summed E-state index contributed by atoms with van der Waals surface area (Å²) in [5.74, 6) is 0.258. The van der Waals surface area contributed by atoms with E-state index in [9.17, 15) is 4.39 Å². The highest BCUT2D eigenvalue weighted by Crippen LogP contribution is 2.15. The minimum absolute atomic E-state index is 0.00140. The third kappa shape index (κ3) is 3.51. The van der Waals surface area contributed by atoms with Crippen molar-refractivity contribution in [1.29, 1.82) is 0 Å². The van der Waals surface area contributed by atoms with Gasteiger partial charge in [0.25, 0.3) is 0 Å². The summed E-state index contributed by atoms with van der Waals surface area (Å²) >= 11 is 0. The normalized spacial score (nSPS) is 12.4. The predicted molar refractivity (Wildman–Crippen MR) is 70.1 cm³/mol. The SMILES string of the molecule is CCNC(C)c1nnc(NCc2ccccc2F)o1. The Bertz CT molecular complexity index is 529. The average Bonchev–Trinajstić information content (AvgIpc) is 2.87. The molecule has 1 aromatic heterocycles. The van der Waals surface area contributed by atoms with Crippen LogP contribution in [-0.2, 0) is 6.54 Å². The number of nitrogens with zero attached hydrogens (tertiary/aromatic N) is 2. The van der Waals surface area contributed by atoms with Gasteiger partial charge in [-0.2, -0.15) is 0 Å². The van der Waals surface area contributed by atoms with Crippen LogP contribution in [-0.4, -0.2) is 16.7 Å². The van der Waals surface area contributed by atoms with Gasteiger partial charge < -0.3 is 15.1 Å². The van der Waals surface area contributed by atoms with Crippen LogP contribution in [0.15, 0.2) is 28.7 Å². The molecule has 0 aliphatic rings. The van der Waals surface area contributed by atoms with Crippen molar-refractivity contribution in [3.63, 3.8) is 0 Å². The number of aromatic nitrogens is 2. The Morgan fingerprint density at radius 1 is 1.32 bits per heavy atom. The lowest BCUT2D eigenvalue weighted by Gasteiger charge is -2.06. The van der Waals surface area contributed by atoms with E-state index in [1.165, 1.54) is 6.07 Å². The number of anilines is 1. The molecule has 5 nitrogen and oxygen atoms in total. The van der Waals surface area contributed by atoms with Crippen LogP contribution in [0.25, 0.3) is 0 Å². The zero-order valence-electron chi connectivity index (χ0n) is 11.0. The van der Waals surface area contributed by atoms with Gasteiger partial charge in [0.05, 0.1) is 6.04 Å². The molecule has 1 atom stereocenters. The lowest BCUT2D eigenvalue weighted by molar-refractivity contribution is 0.428. The molecule has 0 spiro atoms. The van der Waals surface area contributed by atoms with Gasteiger partial charge in [0, 0.05) is 12.1 Å². The summed E-state index contributed by atoms with van der Waals surface area (Å²) in [4.78, 5) is 0. The summed E-state index contributed by atoms with van der Waals surface area (Å²) in [6.07, 6.45) is 0. The number of rotatable bonds is 6. The minimum atomic E-state index is -0.254. The summed E-state index contributed by atoms with van der Waals surface area (Å²) in [5.41, 5.74) is 0.557. The predicted octanol–water partition coefficient (Wildman–Crippen LogP) is 2.49. The molecule has 6 heteroatoms. The van der Waals surface area contributed by atoms with Crippen LogP contribution in [0.3, 0.4) is 0 Å². The fraction of sp³-hybridized carbons (Fsp3) is 0.385. The Kier molecular flexibility index (Phi) is 4.46. The Labute approximate surface area is 111 Å². The molecule has 1 heterocycles. The molecule has 2 rings (SSSR count). The summed E-state index contributed by atoms with van der Waals surface area (Å²) < 4.78 is 18.9. The molecule has 0 radical (unpaired) electrons. The molecule has 0 saturated carbocycles. The number of hydrogen-bond donors (Lipinski definition) is 2. The smallest absolute Gasteiger partial charge is 0.315 e. The maximum Gasteiger partial charge on any atom is 0.315 e. The topological polar surface area (TPSA) is 63.0 Å². The van der Waals surface area contributed by atoms with Crippen molar-refractivity contribution in [3.8, 4) is 0 Å². The molecular formula is C13H17FN4O. The van der Waals surface area contributed by atoms with Crippen LogP contribution >= 0.6 is 0 Å². The van der Waals surface area contributed by atoms with Gasteiger partial charge in [-0.1, -0.05) is 30.2 Å². The summed E-state index contributed by atoms with van der Waals surface area (Å²) in [5, 5.41) is 13.9. The van der Waals surface area contributed by atoms with E-state index in [0.717, 1.165) is 6.54 Å². The molecule has 0 amide bonds. The molecule has 102 valence electrons. The lowest BCUT2D eigenvalue weighted by atomic mass is 10.2. The second-order valence-corrected chi connectivity index (χ2v) is 4.17. The summed E-state index contributed by atoms with van der Waals surface area (Å²) in [6.45, 7) is 5.08. The average molecular weight is 264 g/mol. The molecule has 1 unspecified atom stereocenters. The van der Waals surface area contributed by atoms with Gasteiger partial charge in [0.15, 0.2) is 0 Å². The number of benzene rings is 1. The van der Waals surface area contributed by atoms with Crippen LogP contribution in [0, 0.1) is 5.82 Å². The largest absolute Gasteiger partial charge is 0.406 e. The second kappa shape index (κ2) is 6.29. The van der Waals surface area contributed by atoms with E-state index < -0.39 is 0 Å². The summed E-state index contributed by atoms with van der Waals surface area (Å²) in [7, 11) is 0. The standard InChI is InChI=1S/C13H17FN4O/c1-3-15-9(2)12-17-18-13(19-12)16-8-10-6-4-5-7-11(10)14/h4-7,9,15H,3,8H2,1-2H3,(H,16,18). The van der Waals surface area contributed by atoms with E-state index in [2.05, 4.69) is 20.8 Å². The van der Waals surface area contributed by atoms with Crippen LogP contribution in [0.4, 0.5) is 10.4 Å². The first-order chi connectivity index (χ1) is 9.20. The van der Waals surface area contributed by atoms with Gasteiger partial charge >= 0.3 is 6.01 Å². The van der Waals surface area contributed by atoms with Gasteiger partial charge in [-0.15, -0.1) is 5.10 Å². The summed E-state index contributed by atoms with van der Waals surface area (Å²) in [6, 6.07) is 6.86. The van der Waals surface area contributed by atoms with Crippen LogP contribution in [0.2, 0.25) is 0 Å². The molecule has 0 aliphatic heterocycles. The molecule has 0 aliphatic carbocycles. The first kappa shape index (κ1) is 13.5. The van der Waals surface area contributed by atoms with Crippen molar-refractivity contribution in [2.24, 2.45) is 0 Å². The third-order valence-electron chi connectivity index (χ3n) is 2.71. The van der Waals surface area contributed by atoms with E-state index in [4.69, 9.17) is 4.42 Å². The van der Waals surface area contributed by atoms with E-state index in [0.29, 0.717) is 24.0 Å². The Morgan fingerprint density at radius 3 is 2.84 bits per heavy atom. The van der Waals surface area contributed by atoms with Crippen molar-refractivity contribution < 1.29 is 8.81 Å². The number of nitrogens with one attached hydrogen (secondary N) is 2. The number of halogens is 1. The third-order valence-corrected chi connectivity index (χ3v) is 2.71. The van der Waals surface area contributed by atoms with Crippen molar-refractivity contribution in [1.82, 2.24) is 15.5 Å². The van der Waals surface area contributed by atoms with E-state index >= 15 is 0 Å². The van der Waals surface area contributed by atoms with E-state index in [1.54, 1.807) is 18.2 Å². The molecule has 0 bridgehead atoms. The highest BCUT2D eigenvalue weighted by molar-refractivity contribution is 5.24. The highest BCUT2D eigenvalue weighted by atomic mass is 19.1. The zero-order chi connectivity index (χ0) is 13.7. The van der Waals surface area contributed by atoms with Gasteiger partial charge in [0.1, 0.15) is 5.82 Å². The van der Waals surface area contributed by atoms with Crippen LogP contribution < -0.4 is 10.6 Å². The fourth-order valence-corrected chi connectivity index (χ4v) is 1.69. The molecule has 2 N–H and O–H groups in total. The quantitative estimate of drug-likeness (QED) is 0.839. The molecule has 1 aromatic carbocycles. The van der Waals surface area contributed by atoms with Crippen molar-refractivity contribution in [2.75, 3.05) is 11.9 Å². The monoisotopic (exact) mass is 264 g/mol. The Balaban J connectivity index is 1.95. The van der Waals surface area contributed by atoms with Crippen molar-refractivity contribution in [3.05, 3.63) is 41.5 Å². The van der Waals surface area contributed by atoms with E-state index in [-0.39, 0.29) is 11.9 Å².